The van der Waals surface area contributed by atoms with E-state index >= 15 is 0 Å². The van der Waals surface area contributed by atoms with Gasteiger partial charge in [0.15, 0.2) is 29.7 Å². The largest absolute Gasteiger partial charge is 0.463 e. The van der Waals surface area contributed by atoms with Gasteiger partial charge in [-0.3, -0.25) is 14.4 Å². The topological polar surface area (TPSA) is 126 Å². The van der Waals surface area contributed by atoms with Crippen LogP contribution >= 0.6 is 11.8 Å². The summed E-state index contributed by atoms with van der Waals surface area (Å²) in [4.78, 5) is 36.5. The smallest absolute Gasteiger partial charge is 0.303 e. The molecule has 1 saturated heterocycles. The average molecular weight is 583 g/mol. The Kier molecular flexibility index (Phi) is 10.5. The zero-order valence-corrected chi connectivity index (χ0v) is 22.9. The van der Waals surface area contributed by atoms with Gasteiger partial charge in [0.2, 0.25) is 0 Å². The highest BCUT2D eigenvalue weighted by Gasteiger charge is 2.50. The van der Waals surface area contributed by atoms with E-state index in [1.54, 1.807) is 0 Å². The molecule has 1 fully saturated rings. The number of hydrogen-bond donors (Lipinski definition) is 2. The molecule has 3 rings (SSSR count). The van der Waals surface area contributed by atoms with Crippen molar-refractivity contribution in [3.05, 3.63) is 71.2 Å². The molecule has 5 unspecified atom stereocenters. The van der Waals surface area contributed by atoms with Crippen LogP contribution < -0.4 is 11.1 Å². The quantitative estimate of drug-likeness (QED) is 0.257. The number of carbonyl (C=O) groups excluding carboxylic acids is 3. The van der Waals surface area contributed by atoms with E-state index in [0.717, 1.165) is 23.6 Å². The van der Waals surface area contributed by atoms with Crippen LogP contribution in [0.5, 0.6) is 0 Å². The molecular formula is C27H29F3N2O7S. The van der Waals surface area contributed by atoms with E-state index in [4.69, 9.17) is 24.7 Å². The fourth-order valence-electron chi connectivity index (χ4n) is 3.94. The van der Waals surface area contributed by atoms with Crippen LogP contribution in [0.2, 0.25) is 0 Å². The van der Waals surface area contributed by atoms with Crippen LogP contribution in [0.15, 0.2) is 47.5 Å². The van der Waals surface area contributed by atoms with Crippen LogP contribution in [0.25, 0.3) is 5.70 Å². The number of esters is 3. The van der Waals surface area contributed by atoms with Gasteiger partial charge in [-0.05, 0) is 31.2 Å². The van der Waals surface area contributed by atoms with Crippen molar-refractivity contribution in [2.24, 2.45) is 5.73 Å². The molecular weight excluding hydrogens is 553 g/mol. The Morgan fingerprint density at radius 1 is 0.975 bits per heavy atom. The van der Waals surface area contributed by atoms with Crippen molar-refractivity contribution in [1.29, 1.82) is 0 Å². The molecule has 0 aliphatic carbocycles. The molecule has 13 heteroatoms. The standard InChI is InChI=1S/C27H29F3N2O7S/c1-13-5-7-18(8-6-13)40-27-26(38-16(4)35)24(25(37-15(3)34)22(39-27)12-36-14(2)33)32-11-21(31)17-9-19(28)23(30)20(29)10-17/h5-11,22,24-27,32H,12,31H2,1-4H3/b21-11-. The van der Waals surface area contributed by atoms with Gasteiger partial charge in [0.1, 0.15) is 24.2 Å². The summed E-state index contributed by atoms with van der Waals surface area (Å²) in [5.74, 6) is -6.52. The minimum atomic E-state index is -1.65. The lowest BCUT2D eigenvalue weighted by Crippen LogP contribution is -2.64. The van der Waals surface area contributed by atoms with Crippen molar-refractivity contribution in [3.8, 4) is 0 Å². The van der Waals surface area contributed by atoms with Gasteiger partial charge in [0.25, 0.3) is 0 Å². The normalized spacial score (nSPS) is 22.8. The van der Waals surface area contributed by atoms with Crippen LogP contribution in [0.4, 0.5) is 13.2 Å². The van der Waals surface area contributed by atoms with Crippen molar-refractivity contribution in [2.75, 3.05) is 6.61 Å². The van der Waals surface area contributed by atoms with Gasteiger partial charge in [-0.1, -0.05) is 29.5 Å². The van der Waals surface area contributed by atoms with E-state index in [0.29, 0.717) is 12.1 Å². The Bertz CT molecular complexity index is 1250. The lowest BCUT2D eigenvalue weighted by Gasteiger charge is -2.45. The third kappa shape index (κ3) is 8.15. The zero-order chi connectivity index (χ0) is 29.6. The van der Waals surface area contributed by atoms with Gasteiger partial charge < -0.3 is 30.0 Å². The molecule has 0 aromatic heterocycles. The van der Waals surface area contributed by atoms with Crippen molar-refractivity contribution >= 4 is 35.4 Å². The first-order valence-electron chi connectivity index (χ1n) is 12.1. The maximum absolute atomic E-state index is 13.8. The molecule has 9 nitrogen and oxygen atoms in total. The summed E-state index contributed by atoms with van der Waals surface area (Å²) in [5, 5.41) is 2.91. The third-order valence-electron chi connectivity index (χ3n) is 5.73. The number of benzene rings is 2. The highest BCUT2D eigenvalue weighted by Crippen LogP contribution is 2.36. The van der Waals surface area contributed by atoms with Gasteiger partial charge in [-0.15, -0.1) is 0 Å². The first-order valence-corrected chi connectivity index (χ1v) is 13.0. The van der Waals surface area contributed by atoms with Gasteiger partial charge in [-0.25, -0.2) is 13.2 Å². The molecule has 0 amide bonds. The molecule has 3 N–H and O–H groups in total. The highest BCUT2D eigenvalue weighted by atomic mass is 32.2. The van der Waals surface area contributed by atoms with Crippen molar-refractivity contribution in [2.45, 2.75) is 62.4 Å². The lowest BCUT2D eigenvalue weighted by molar-refractivity contribution is -0.203. The summed E-state index contributed by atoms with van der Waals surface area (Å²) >= 11 is 1.21. The molecule has 2 aromatic rings. The summed E-state index contributed by atoms with van der Waals surface area (Å²) in [6, 6.07) is 7.81. The van der Waals surface area contributed by atoms with E-state index < -0.39 is 65.1 Å². The molecule has 0 bridgehead atoms. The second-order valence-corrected chi connectivity index (χ2v) is 10.1. The Morgan fingerprint density at radius 3 is 2.10 bits per heavy atom. The fourth-order valence-corrected chi connectivity index (χ4v) is 5.06. The predicted octanol–water partition coefficient (Wildman–Crippen LogP) is 3.57. The van der Waals surface area contributed by atoms with Crippen molar-refractivity contribution < 1.29 is 46.5 Å². The number of nitrogens with one attached hydrogen (secondary N) is 1. The van der Waals surface area contributed by atoms with Crippen LogP contribution in [0, 0.1) is 24.4 Å². The second-order valence-electron chi connectivity index (χ2n) is 8.97. The number of nitrogens with two attached hydrogens (primary N) is 1. The maximum atomic E-state index is 13.8. The van der Waals surface area contributed by atoms with E-state index in [1.807, 2.05) is 31.2 Å². The number of rotatable bonds is 9. The summed E-state index contributed by atoms with van der Waals surface area (Å²) < 4.78 is 63.5. The maximum Gasteiger partial charge on any atom is 0.303 e. The SMILES string of the molecule is CC(=O)OCC1OC(Sc2ccc(C)cc2)C(OC(C)=O)C(N/C=C(\N)c2cc(F)c(F)c(F)c2)C1OC(C)=O. The van der Waals surface area contributed by atoms with Crippen LogP contribution in [-0.4, -0.2) is 54.3 Å². The summed E-state index contributed by atoms with van der Waals surface area (Å²) in [6.45, 7) is 5.15. The highest BCUT2D eigenvalue weighted by molar-refractivity contribution is 7.99. The monoisotopic (exact) mass is 582 g/mol. The zero-order valence-electron chi connectivity index (χ0n) is 22.1. The van der Waals surface area contributed by atoms with Gasteiger partial charge in [0, 0.05) is 37.4 Å². The number of halogens is 3. The van der Waals surface area contributed by atoms with Crippen LogP contribution in [-0.2, 0) is 33.3 Å². The molecule has 1 aliphatic heterocycles. The lowest BCUT2D eigenvalue weighted by atomic mass is 9.96. The van der Waals surface area contributed by atoms with Gasteiger partial charge >= 0.3 is 17.9 Å². The van der Waals surface area contributed by atoms with E-state index in [2.05, 4.69) is 5.32 Å². The molecule has 216 valence electrons. The Hall–Kier alpha value is -3.71. The second kappa shape index (κ2) is 13.6. The third-order valence-corrected chi connectivity index (χ3v) is 6.88. The minimum Gasteiger partial charge on any atom is -0.463 e. The summed E-state index contributed by atoms with van der Waals surface area (Å²) in [6.07, 6.45) is -2.14. The molecule has 40 heavy (non-hydrogen) atoms. The molecule has 0 saturated carbocycles. The number of ether oxygens (including phenoxy) is 4. The Labute approximate surface area is 233 Å². The number of carbonyl (C=O) groups is 3. The first kappa shape index (κ1) is 30.8. The van der Waals surface area contributed by atoms with Crippen LogP contribution in [0.3, 0.4) is 0 Å². The predicted molar refractivity (Wildman–Crippen MR) is 139 cm³/mol. The number of aryl methyl sites for hydroxylation is 1. The van der Waals surface area contributed by atoms with E-state index in [-0.39, 0.29) is 17.9 Å². The molecule has 1 aliphatic rings. The summed E-state index contributed by atoms with van der Waals surface area (Å²) in [7, 11) is 0. The number of thioether (sulfide) groups is 1. The average Bonchev–Trinajstić information content (AvgIpc) is 2.87. The van der Waals surface area contributed by atoms with Gasteiger partial charge in [-0.2, -0.15) is 0 Å². The summed E-state index contributed by atoms with van der Waals surface area (Å²) in [5.41, 5.74) is 5.76. The first-order chi connectivity index (χ1) is 18.8. The molecule has 0 radical (unpaired) electrons. The van der Waals surface area contributed by atoms with Crippen molar-refractivity contribution in [1.82, 2.24) is 5.32 Å². The molecule has 0 spiro atoms. The van der Waals surface area contributed by atoms with Crippen molar-refractivity contribution in [3.63, 3.8) is 0 Å². The number of hydrogen-bond acceptors (Lipinski definition) is 10. The minimum absolute atomic E-state index is 0.175. The molecule has 5 atom stereocenters. The van der Waals surface area contributed by atoms with Gasteiger partial charge in [0.05, 0.1) is 5.70 Å². The van der Waals surface area contributed by atoms with E-state index in [9.17, 15) is 27.6 Å². The fraction of sp³-hybridized carbons (Fsp3) is 0.370. The van der Waals surface area contributed by atoms with Crippen LogP contribution in [0.1, 0.15) is 31.9 Å². The molecule has 1 heterocycles. The molecule has 2 aromatic carbocycles. The van der Waals surface area contributed by atoms with E-state index in [1.165, 1.54) is 25.6 Å². The Balaban J connectivity index is 2.04. The Morgan fingerprint density at radius 2 is 1.55 bits per heavy atom.